The van der Waals surface area contributed by atoms with E-state index in [-0.39, 0.29) is 28.2 Å². The number of sulfonamides is 1. The minimum atomic E-state index is -3.87. The molecule has 0 aliphatic rings. The van der Waals surface area contributed by atoms with Crippen molar-refractivity contribution in [3.05, 3.63) is 75.2 Å². The molecule has 0 amide bonds. The second kappa shape index (κ2) is 9.08. The SMILES string of the molecule is C[C@@H](CC(=O)c1ccc(CNS(=O)(=O)c2ccc(F)c(Cl)c2)cn1)c1cncs1. The van der Waals surface area contributed by atoms with Gasteiger partial charge in [-0.1, -0.05) is 24.6 Å². The average molecular weight is 454 g/mol. The van der Waals surface area contributed by atoms with Gasteiger partial charge in [0.2, 0.25) is 10.0 Å². The van der Waals surface area contributed by atoms with Gasteiger partial charge in [-0.05, 0) is 35.7 Å². The number of aromatic nitrogens is 2. The number of Topliss-reactive ketones (excluding diaryl/α,β-unsaturated/α-hetero) is 1. The molecule has 0 bridgehead atoms. The van der Waals surface area contributed by atoms with Crippen LogP contribution in [-0.4, -0.2) is 24.2 Å². The number of ketones is 1. The zero-order valence-corrected chi connectivity index (χ0v) is 17.7. The van der Waals surface area contributed by atoms with Crippen molar-refractivity contribution in [3.63, 3.8) is 0 Å². The Bertz CT molecular complexity index is 1100. The highest BCUT2D eigenvalue weighted by Gasteiger charge is 2.17. The molecule has 0 saturated heterocycles. The van der Waals surface area contributed by atoms with Crippen molar-refractivity contribution >= 4 is 38.7 Å². The van der Waals surface area contributed by atoms with Crippen LogP contribution in [0.1, 0.15) is 40.2 Å². The summed E-state index contributed by atoms with van der Waals surface area (Å²) in [7, 11) is -3.87. The van der Waals surface area contributed by atoms with E-state index >= 15 is 0 Å². The van der Waals surface area contributed by atoms with E-state index in [0.717, 1.165) is 23.1 Å². The Morgan fingerprint density at radius 2 is 2.07 bits per heavy atom. The van der Waals surface area contributed by atoms with Gasteiger partial charge in [-0.2, -0.15) is 0 Å². The quantitative estimate of drug-likeness (QED) is 0.516. The van der Waals surface area contributed by atoms with Crippen molar-refractivity contribution in [2.24, 2.45) is 0 Å². The molecular formula is C19H17ClFN3O3S2. The van der Waals surface area contributed by atoms with E-state index in [9.17, 15) is 17.6 Å². The maximum absolute atomic E-state index is 13.2. The molecule has 10 heteroatoms. The van der Waals surface area contributed by atoms with Crippen LogP contribution in [-0.2, 0) is 16.6 Å². The lowest BCUT2D eigenvalue weighted by atomic mass is 10.0. The number of pyridine rings is 1. The molecule has 0 aliphatic carbocycles. The number of halogens is 2. The highest BCUT2D eigenvalue weighted by atomic mass is 35.5. The third-order valence-corrected chi connectivity index (χ3v) is 6.90. The summed E-state index contributed by atoms with van der Waals surface area (Å²) in [6.45, 7) is 1.92. The summed E-state index contributed by atoms with van der Waals surface area (Å²) in [6, 6.07) is 6.38. The van der Waals surface area contributed by atoms with E-state index in [2.05, 4.69) is 14.7 Å². The van der Waals surface area contributed by atoms with Crippen molar-refractivity contribution < 1.29 is 17.6 Å². The van der Waals surface area contributed by atoms with Crippen LogP contribution in [0.2, 0.25) is 5.02 Å². The van der Waals surface area contributed by atoms with Crippen molar-refractivity contribution in [1.82, 2.24) is 14.7 Å². The minimum absolute atomic E-state index is 0.0317. The first kappa shape index (κ1) is 21.5. The van der Waals surface area contributed by atoms with E-state index < -0.39 is 15.8 Å². The molecule has 0 spiro atoms. The number of nitrogens with zero attached hydrogens (tertiary/aromatic N) is 2. The fourth-order valence-electron chi connectivity index (χ4n) is 2.55. The molecular weight excluding hydrogens is 437 g/mol. The largest absolute Gasteiger partial charge is 0.292 e. The Labute approximate surface area is 176 Å². The fraction of sp³-hybridized carbons (Fsp3) is 0.211. The highest BCUT2D eigenvalue weighted by Crippen LogP contribution is 2.24. The normalized spacial score (nSPS) is 12.7. The summed E-state index contributed by atoms with van der Waals surface area (Å²) in [5.41, 5.74) is 2.62. The molecule has 6 nitrogen and oxygen atoms in total. The minimum Gasteiger partial charge on any atom is -0.292 e. The summed E-state index contributed by atoms with van der Waals surface area (Å²) in [4.78, 5) is 21.4. The van der Waals surface area contributed by atoms with Crippen LogP contribution in [0.25, 0.3) is 0 Å². The van der Waals surface area contributed by atoms with Gasteiger partial charge in [0.05, 0.1) is 15.4 Å². The van der Waals surface area contributed by atoms with E-state index in [1.165, 1.54) is 17.5 Å². The smallest absolute Gasteiger partial charge is 0.240 e. The van der Waals surface area contributed by atoms with Gasteiger partial charge in [-0.3, -0.25) is 14.8 Å². The number of carbonyl (C=O) groups is 1. The predicted molar refractivity (Wildman–Crippen MR) is 109 cm³/mol. The second-order valence-corrected chi connectivity index (χ2v) is 9.48. The molecule has 0 fully saturated rings. The van der Waals surface area contributed by atoms with Crippen LogP contribution in [0.5, 0.6) is 0 Å². The van der Waals surface area contributed by atoms with Crippen molar-refractivity contribution in [3.8, 4) is 0 Å². The first-order valence-electron chi connectivity index (χ1n) is 8.57. The maximum atomic E-state index is 13.2. The molecule has 0 unspecified atom stereocenters. The number of hydrogen-bond donors (Lipinski definition) is 1. The fourth-order valence-corrected chi connectivity index (χ4v) is 4.52. The van der Waals surface area contributed by atoms with Crippen molar-refractivity contribution in [1.29, 1.82) is 0 Å². The number of thiazole rings is 1. The van der Waals surface area contributed by atoms with Crippen LogP contribution < -0.4 is 4.72 Å². The number of nitrogens with one attached hydrogen (secondary N) is 1. The molecule has 29 heavy (non-hydrogen) atoms. The molecule has 2 heterocycles. The first-order valence-corrected chi connectivity index (χ1v) is 11.3. The third kappa shape index (κ3) is 5.45. The molecule has 1 N–H and O–H groups in total. The molecule has 3 rings (SSSR count). The van der Waals surface area contributed by atoms with E-state index in [0.29, 0.717) is 17.7 Å². The molecule has 0 radical (unpaired) electrons. The van der Waals surface area contributed by atoms with Gasteiger partial charge < -0.3 is 0 Å². The van der Waals surface area contributed by atoms with Gasteiger partial charge in [0.15, 0.2) is 5.78 Å². The molecule has 152 valence electrons. The average Bonchev–Trinajstić information content (AvgIpc) is 3.24. The first-order chi connectivity index (χ1) is 13.8. The van der Waals surface area contributed by atoms with Crippen LogP contribution >= 0.6 is 22.9 Å². The Kier molecular flexibility index (Phi) is 6.74. The van der Waals surface area contributed by atoms with E-state index in [1.807, 2.05) is 6.92 Å². The molecule has 0 aliphatic heterocycles. The lowest BCUT2D eigenvalue weighted by Crippen LogP contribution is -2.23. The topological polar surface area (TPSA) is 89.0 Å². The highest BCUT2D eigenvalue weighted by molar-refractivity contribution is 7.89. The van der Waals surface area contributed by atoms with Crippen LogP contribution in [0, 0.1) is 5.82 Å². The monoisotopic (exact) mass is 453 g/mol. The molecule has 1 atom stereocenters. The van der Waals surface area contributed by atoms with E-state index in [1.54, 1.807) is 23.8 Å². The van der Waals surface area contributed by atoms with Crippen molar-refractivity contribution in [2.45, 2.75) is 30.7 Å². The number of hydrogen-bond acceptors (Lipinski definition) is 6. The van der Waals surface area contributed by atoms with Gasteiger partial charge in [-0.15, -0.1) is 11.3 Å². The Hall–Kier alpha value is -2.20. The number of benzene rings is 1. The van der Waals surface area contributed by atoms with Crippen LogP contribution in [0.15, 0.2) is 53.1 Å². The summed E-state index contributed by atoms with van der Waals surface area (Å²) < 4.78 is 40.2. The zero-order valence-electron chi connectivity index (χ0n) is 15.3. The van der Waals surface area contributed by atoms with Gasteiger partial charge >= 0.3 is 0 Å². The summed E-state index contributed by atoms with van der Waals surface area (Å²) in [6.07, 6.45) is 3.51. The van der Waals surface area contributed by atoms with Crippen LogP contribution in [0.3, 0.4) is 0 Å². The third-order valence-electron chi connectivity index (χ3n) is 4.21. The lowest BCUT2D eigenvalue weighted by molar-refractivity contribution is 0.0971. The summed E-state index contributed by atoms with van der Waals surface area (Å²) in [5, 5.41) is -0.273. The zero-order chi connectivity index (χ0) is 21.0. The Morgan fingerprint density at radius 3 is 2.69 bits per heavy atom. The van der Waals surface area contributed by atoms with Gasteiger partial charge in [0.1, 0.15) is 11.5 Å². The molecule has 2 aromatic heterocycles. The summed E-state index contributed by atoms with van der Waals surface area (Å²) in [5.74, 6) is -0.746. The molecule has 3 aromatic rings. The van der Waals surface area contributed by atoms with E-state index in [4.69, 9.17) is 11.6 Å². The lowest BCUT2D eigenvalue weighted by Gasteiger charge is -2.09. The molecule has 1 aromatic carbocycles. The maximum Gasteiger partial charge on any atom is 0.240 e. The van der Waals surface area contributed by atoms with Gasteiger partial charge in [-0.25, -0.2) is 17.5 Å². The number of rotatable bonds is 8. The Balaban J connectivity index is 1.61. The van der Waals surface area contributed by atoms with Crippen LogP contribution in [0.4, 0.5) is 4.39 Å². The second-order valence-electron chi connectivity index (χ2n) is 6.38. The number of carbonyl (C=O) groups excluding carboxylic acids is 1. The standard InChI is InChI=1S/C19H17ClFN3O3S2/c1-12(19-10-22-11-28-19)6-18(25)17-5-2-13(8-23-17)9-24-29(26,27)14-3-4-16(21)15(20)7-14/h2-5,7-8,10-12,24H,6,9H2,1H3/t12-/m0/s1. The van der Waals surface area contributed by atoms with Gasteiger partial charge in [0.25, 0.3) is 0 Å². The predicted octanol–water partition coefficient (Wildman–Crippen LogP) is 4.19. The van der Waals surface area contributed by atoms with Crippen molar-refractivity contribution in [2.75, 3.05) is 0 Å². The van der Waals surface area contributed by atoms with Gasteiger partial charge in [0, 0.05) is 30.2 Å². The molecule has 0 saturated carbocycles. The summed E-state index contributed by atoms with van der Waals surface area (Å²) >= 11 is 7.14. The Morgan fingerprint density at radius 1 is 1.28 bits per heavy atom.